The highest BCUT2D eigenvalue weighted by molar-refractivity contribution is 7.87. The Bertz CT molecular complexity index is 289. The molecule has 84 valence electrons. The van der Waals surface area contributed by atoms with E-state index in [1.54, 1.807) is 4.86 Å². The fraction of sp³-hybridized carbons (Fsp3) is 1.00. The van der Waals surface area contributed by atoms with E-state index in [9.17, 15) is 16.8 Å². The van der Waals surface area contributed by atoms with Gasteiger partial charge in [0.05, 0.1) is 12.0 Å². The summed E-state index contributed by atoms with van der Waals surface area (Å²) < 4.78 is 62.9. The van der Waals surface area contributed by atoms with Crippen molar-refractivity contribution in [3.05, 3.63) is 0 Å². The van der Waals surface area contributed by atoms with E-state index in [-0.39, 0.29) is 0 Å². The van der Waals surface area contributed by atoms with Crippen molar-refractivity contribution in [1.82, 2.24) is 9.72 Å². The zero-order valence-corrected chi connectivity index (χ0v) is 9.80. The number of hydrogen-bond acceptors (Lipinski definition) is 5. The van der Waals surface area contributed by atoms with Crippen LogP contribution in [0, 0.1) is 0 Å². The first kappa shape index (κ1) is 12.7. The third-order valence-corrected chi connectivity index (χ3v) is 8.04. The molecule has 0 spiro atoms. The van der Waals surface area contributed by atoms with Crippen LogP contribution in [0.3, 0.4) is 0 Å². The molecule has 0 aromatic heterocycles. The molecular formula is C2H8F4N3O2P3+2. The summed E-state index contributed by atoms with van der Waals surface area (Å²) >= 11 is 0. The van der Waals surface area contributed by atoms with E-state index in [0.717, 1.165) is 14.2 Å². The molecule has 0 aliphatic carbocycles. The van der Waals surface area contributed by atoms with Gasteiger partial charge in [-0.05, 0) is 4.86 Å². The lowest BCUT2D eigenvalue weighted by atomic mass is 11.8. The first-order chi connectivity index (χ1) is 6.24. The lowest BCUT2D eigenvalue weighted by Crippen LogP contribution is -2.25. The van der Waals surface area contributed by atoms with Gasteiger partial charge in [-0.2, -0.15) is 8.72 Å². The second-order valence-corrected chi connectivity index (χ2v) is 8.26. The summed E-state index contributed by atoms with van der Waals surface area (Å²) in [6.07, 6.45) is 0. The van der Waals surface area contributed by atoms with Crippen LogP contribution >= 0.6 is 24.0 Å². The predicted molar refractivity (Wildman–Crippen MR) is 47.9 cm³/mol. The lowest BCUT2D eigenvalue weighted by Gasteiger charge is -2.19. The van der Waals surface area contributed by atoms with E-state index in [4.69, 9.17) is 0 Å². The van der Waals surface area contributed by atoms with Crippen molar-refractivity contribution in [2.24, 2.45) is 4.52 Å². The maximum absolute atomic E-state index is 13.3. The normalized spacial score (nSPS) is 41.9. The van der Waals surface area contributed by atoms with E-state index < -0.39 is 24.0 Å². The van der Waals surface area contributed by atoms with Gasteiger partial charge in [0.15, 0.2) is 0 Å². The highest BCUT2D eigenvalue weighted by Crippen LogP contribution is 2.82. The van der Waals surface area contributed by atoms with Crippen LogP contribution in [0.5, 0.6) is 0 Å². The Morgan fingerprint density at radius 2 is 1.86 bits per heavy atom. The molecule has 1 aliphatic rings. The van der Waals surface area contributed by atoms with Gasteiger partial charge >= 0.3 is 24.0 Å². The predicted octanol–water partition coefficient (Wildman–Crippen LogP) is 3.65. The molecule has 0 saturated carbocycles. The van der Waals surface area contributed by atoms with Crippen LogP contribution in [0.25, 0.3) is 0 Å². The Labute approximate surface area is 79.2 Å². The van der Waals surface area contributed by atoms with Crippen LogP contribution in [0.1, 0.15) is 0 Å². The van der Waals surface area contributed by atoms with Gasteiger partial charge in [0.25, 0.3) is 0 Å². The molecule has 2 unspecified atom stereocenters. The van der Waals surface area contributed by atoms with E-state index in [1.807, 2.05) is 0 Å². The van der Waals surface area contributed by atoms with Crippen LogP contribution < -0.4 is 9.72 Å². The molecule has 14 heavy (non-hydrogen) atoms. The molecule has 0 aromatic rings. The van der Waals surface area contributed by atoms with Crippen molar-refractivity contribution in [3.63, 3.8) is 0 Å². The average molecular weight is 275 g/mol. The van der Waals surface area contributed by atoms with Crippen LogP contribution in [-0.4, -0.2) is 14.2 Å². The van der Waals surface area contributed by atoms with Gasteiger partial charge in [0.1, 0.15) is 0 Å². The molecule has 12 heteroatoms. The van der Waals surface area contributed by atoms with Gasteiger partial charge in [0, 0.05) is 24.2 Å². The SMILES string of the molecule is COP1(F)=N[P+](F)(F)N[P+](F)(OC)N1. The summed E-state index contributed by atoms with van der Waals surface area (Å²) in [4.78, 5) is 2.81. The summed E-state index contributed by atoms with van der Waals surface area (Å²) in [7, 11) is -12.3. The first-order valence-corrected chi connectivity index (χ1v) is 7.82. The Morgan fingerprint density at radius 1 is 1.29 bits per heavy atom. The molecule has 0 saturated heterocycles. The van der Waals surface area contributed by atoms with Crippen LogP contribution in [0.2, 0.25) is 0 Å². The van der Waals surface area contributed by atoms with Crippen molar-refractivity contribution in [2.45, 2.75) is 0 Å². The molecule has 2 atom stereocenters. The maximum atomic E-state index is 13.3. The second kappa shape index (κ2) is 3.91. The van der Waals surface area contributed by atoms with Gasteiger partial charge in [-0.1, -0.05) is 0 Å². The maximum Gasteiger partial charge on any atom is 0.625 e. The highest BCUT2D eigenvalue weighted by Gasteiger charge is 2.70. The zero-order valence-electron chi connectivity index (χ0n) is 7.12. The van der Waals surface area contributed by atoms with Crippen molar-refractivity contribution in [1.29, 1.82) is 0 Å². The van der Waals surface area contributed by atoms with Gasteiger partial charge in [0.2, 0.25) is 0 Å². The van der Waals surface area contributed by atoms with Crippen molar-refractivity contribution in [2.75, 3.05) is 14.2 Å². The zero-order chi connectivity index (χ0) is 11.0. The standard InChI is InChI=1S/C2H8F4N3O2P3/c1-10-13(5)7-12(3,4)8-14(6,9-13)11-2/h7,9H,1-2H3/q+2. The Hall–Kier alpha value is 0.650. The molecule has 1 rings (SSSR count). The molecule has 2 N–H and O–H groups in total. The van der Waals surface area contributed by atoms with Gasteiger partial charge in [-0.25, -0.2) is 0 Å². The minimum atomic E-state index is -5.20. The summed E-state index contributed by atoms with van der Waals surface area (Å²) in [5.41, 5.74) is 0. The minimum Gasteiger partial charge on any atom is -0.308 e. The van der Waals surface area contributed by atoms with Crippen molar-refractivity contribution >= 4 is 24.0 Å². The average Bonchev–Trinajstić information content (AvgIpc) is 2.00. The Morgan fingerprint density at radius 3 is 2.29 bits per heavy atom. The van der Waals surface area contributed by atoms with Gasteiger partial charge in [-0.15, -0.1) is 0 Å². The molecule has 0 fully saturated rings. The largest absolute Gasteiger partial charge is 0.625 e. The van der Waals surface area contributed by atoms with Crippen molar-refractivity contribution < 1.29 is 25.8 Å². The molecule has 1 heterocycles. The van der Waals surface area contributed by atoms with Crippen LogP contribution in [0.4, 0.5) is 16.8 Å². The minimum absolute atomic E-state index is 0.829. The first-order valence-electron chi connectivity index (χ1n) is 3.15. The van der Waals surface area contributed by atoms with Gasteiger partial charge < -0.3 is 4.52 Å². The fourth-order valence-corrected chi connectivity index (χ4v) is 7.24. The lowest BCUT2D eigenvalue weighted by molar-refractivity contribution is 0.379. The topological polar surface area (TPSA) is 54.9 Å². The van der Waals surface area contributed by atoms with E-state index >= 15 is 0 Å². The molecule has 5 nitrogen and oxygen atoms in total. The molecule has 0 amide bonds. The number of nitrogens with one attached hydrogen (secondary N) is 2. The van der Waals surface area contributed by atoms with E-state index in [2.05, 4.69) is 13.6 Å². The molecule has 0 aromatic carbocycles. The molecule has 1 aliphatic heterocycles. The summed E-state index contributed by atoms with van der Waals surface area (Å²) in [5.74, 6) is 0. The smallest absolute Gasteiger partial charge is 0.308 e. The molecular weight excluding hydrogens is 267 g/mol. The van der Waals surface area contributed by atoms with Crippen LogP contribution in [0.15, 0.2) is 4.52 Å². The number of halogens is 4. The number of nitrogens with zero attached hydrogens (tertiary/aromatic N) is 1. The quantitative estimate of drug-likeness (QED) is 0.596. The van der Waals surface area contributed by atoms with Crippen LogP contribution in [-0.2, 0) is 9.05 Å². The Balaban J connectivity index is 3.07. The van der Waals surface area contributed by atoms with Gasteiger partial charge in [-0.3, -0.25) is 0 Å². The van der Waals surface area contributed by atoms with E-state index in [0.29, 0.717) is 0 Å². The molecule has 0 radical (unpaired) electrons. The summed E-state index contributed by atoms with van der Waals surface area (Å²) in [5, 5.41) is 0. The second-order valence-electron chi connectivity index (χ2n) is 2.17. The third kappa shape index (κ3) is 2.83. The summed E-state index contributed by atoms with van der Waals surface area (Å²) in [6.45, 7) is 0. The van der Waals surface area contributed by atoms with E-state index in [1.165, 1.54) is 4.86 Å². The molecule has 0 bridgehead atoms. The van der Waals surface area contributed by atoms with Crippen molar-refractivity contribution in [3.8, 4) is 0 Å². The summed E-state index contributed by atoms with van der Waals surface area (Å²) in [6, 6.07) is 0. The Kier molecular flexibility index (Phi) is 3.55. The number of hydrogen-bond donors (Lipinski definition) is 2. The third-order valence-electron chi connectivity index (χ3n) is 1.22. The fourth-order valence-electron chi connectivity index (χ4n) is 0.679. The monoisotopic (exact) mass is 275 g/mol. The number of rotatable bonds is 2. The highest BCUT2D eigenvalue weighted by atomic mass is 31.3.